The number of imidazole rings is 1. The van der Waals surface area contributed by atoms with Gasteiger partial charge in [0, 0.05) is 12.3 Å². The third kappa shape index (κ3) is 1.21. The number of benzene rings is 1. The SMILES string of the molecule is Cc1cn2c(n1)COc1cc(F)ccc1-2. The average Bonchev–Trinajstić information content (AvgIpc) is 2.58. The third-order valence-corrected chi connectivity index (χ3v) is 2.44. The molecule has 0 atom stereocenters. The highest BCUT2D eigenvalue weighted by atomic mass is 19.1. The fourth-order valence-corrected chi connectivity index (χ4v) is 1.80. The number of nitrogens with zero attached hydrogens (tertiary/aromatic N) is 2. The zero-order chi connectivity index (χ0) is 10.4. The number of halogens is 1. The molecule has 1 aliphatic rings. The molecule has 4 heteroatoms. The minimum absolute atomic E-state index is 0.283. The lowest BCUT2D eigenvalue weighted by Gasteiger charge is -2.18. The first-order valence-electron chi connectivity index (χ1n) is 4.71. The van der Waals surface area contributed by atoms with Gasteiger partial charge in [0.25, 0.3) is 0 Å². The van der Waals surface area contributed by atoms with Crippen molar-refractivity contribution in [3.05, 3.63) is 41.7 Å². The minimum Gasteiger partial charge on any atom is -0.483 e. The van der Waals surface area contributed by atoms with Crippen molar-refractivity contribution in [2.45, 2.75) is 13.5 Å². The van der Waals surface area contributed by atoms with E-state index in [4.69, 9.17) is 4.74 Å². The van der Waals surface area contributed by atoms with Gasteiger partial charge in [0.2, 0.25) is 0 Å². The molecule has 0 aliphatic carbocycles. The highest BCUT2D eigenvalue weighted by Gasteiger charge is 2.18. The lowest BCUT2D eigenvalue weighted by molar-refractivity contribution is 0.278. The molecule has 1 aromatic heterocycles. The van der Waals surface area contributed by atoms with E-state index >= 15 is 0 Å². The Morgan fingerprint density at radius 2 is 2.33 bits per heavy atom. The van der Waals surface area contributed by atoms with E-state index in [0.717, 1.165) is 17.2 Å². The van der Waals surface area contributed by atoms with E-state index in [1.54, 1.807) is 6.07 Å². The van der Waals surface area contributed by atoms with E-state index in [0.29, 0.717) is 12.4 Å². The van der Waals surface area contributed by atoms with Crippen molar-refractivity contribution in [2.75, 3.05) is 0 Å². The fraction of sp³-hybridized carbons (Fsp3) is 0.182. The number of ether oxygens (including phenoxy) is 1. The first-order valence-corrected chi connectivity index (χ1v) is 4.71. The first kappa shape index (κ1) is 8.47. The van der Waals surface area contributed by atoms with E-state index in [-0.39, 0.29) is 5.82 Å². The van der Waals surface area contributed by atoms with Crippen LogP contribution in [0.2, 0.25) is 0 Å². The van der Waals surface area contributed by atoms with E-state index in [1.807, 2.05) is 17.7 Å². The van der Waals surface area contributed by atoms with Crippen LogP contribution in [0.4, 0.5) is 4.39 Å². The summed E-state index contributed by atoms with van der Waals surface area (Å²) < 4.78 is 20.3. The molecule has 0 spiro atoms. The molecule has 76 valence electrons. The maximum Gasteiger partial charge on any atom is 0.151 e. The number of hydrogen-bond donors (Lipinski definition) is 0. The van der Waals surface area contributed by atoms with Crippen molar-refractivity contribution in [3.8, 4) is 11.4 Å². The Hall–Kier alpha value is -1.84. The molecule has 0 unspecified atom stereocenters. The van der Waals surface area contributed by atoms with Crippen LogP contribution in [0, 0.1) is 12.7 Å². The molecule has 0 amide bonds. The number of fused-ring (bicyclic) bond motifs is 3. The molecule has 0 fully saturated rings. The van der Waals surface area contributed by atoms with Gasteiger partial charge in [0.05, 0.1) is 11.4 Å². The van der Waals surface area contributed by atoms with Gasteiger partial charge in [-0.15, -0.1) is 0 Å². The standard InChI is InChI=1S/C11H9FN2O/c1-7-5-14-9-3-2-8(12)4-10(9)15-6-11(14)13-7/h2-5H,6H2,1H3. The summed E-state index contributed by atoms with van der Waals surface area (Å²) in [5.41, 5.74) is 1.78. The van der Waals surface area contributed by atoms with Crippen LogP contribution in [0.5, 0.6) is 5.75 Å². The molecule has 2 heterocycles. The molecule has 0 saturated heterocycles. The smallest absolute Gasteiger partial charge is 0.151 e. The second kappa shape index (κ2) is 2.82. The number of aromatic nitrogens is 2. The van der Waals surface area contributed by atoms with Crippen LogP contribution in [-0.2, 0) is 6.61 Å². The summed E-state index contributed by atoms with van der Waals surface area (Å²) in [5, 5.41) is 0. The second-order valence-electron chi connectivity index (χ2n) is 3.57. The van der Waals surface area contributed by atoms with Gasteiger partial charge in [0.1, 0.15) is 18.2 Å². The molecule has 3 nitrogen and oxygen atoms in total. The monoisotopic (exact) mass is 204 g/mol. The Labute approximate surface area is 86.1 Å². The summed E-state index contributed by atoms with van der Waals surface area (Å²) in [7, 11) is 0. The molecule has 1 aromatic carbocycles. The van der Waals surface area contributed by atoms with Crippen molar-refractivity contribution in [1.29, 1.82) is 0 Å². The quantitative estimate of drug-likeness (QED) is 0.657. The maximum absolute atomic E-state index is 13.0. The Bertz CT molecular complexity index is 533. The molecule has 15 heavy (non-hydrogen) atoms. The van der Waals surface area contributed by atoms with Crippen LogP contribution >= 0.6 is 0 Å². The van der Waals surface area contributed by atoms with E-state index in [1.165, 1.54) is 12.1 Å². The minimum atomic E-state index is -0.283. The van der Waals surface area contributed by atoms with Gasteiger partial charge in [-0.05, 0) is 19.1 Å². The van der Waals surface area contributed by atoms with Gasteiger partial charge in [-0.3, -0.25) is 4.57 Å². The average molecular weight is 204 g/mol. The number of hydrogen-bond acceptors (Lipinski definition) is 2. The van der Waals surface area contributed by atoms with Crippen LogP contribution in [0.15, 0.2) is 24.4 Å². The molecule has 0 saturated carbocycles. The van der Waals surface area contributed by atoms with Gasteiger partial charge < -0.3 is 4.74 Å². The van der Waals surface area contributed by atoms with Crippen LogP contribution in [0.3, 0.4) is 0 Å². The van der Waals surface area contributed by atoms with Crippen LogP contribution < -0.4 is 4.74 Å². The molecule has 0 N–H and O–H groups in total. The van der Waals surface area contributed by atoms with Gasteiger partial charge in [-0.25, -0.2) is 9.37 Å². The summed E-state index contributed by atoms with van der Waals surface area (Å²) in [6.45, 7) is 2.32. The normalized spacial score (nSPS) is 12.9. The summed E-state index contributed by atoms with van der Waals surface area (Å²) in [4.78, 5) is 4.32. The van der Waals surface area contributed by atoms with Crippen molar-refractivity contribution in [2.24, 2.45) is 0 Å². The topological polar surface area (TPSA) is 27.1 Å². The van der Waals surface area contributed by atoms with Crippen LogP contribution in [-0.4, -0.2) is 9.55 Å². The molecule has 3 rings (SSSR count). The largest absolute Gasteiger partial charge is 0.483 e. The van der Waals surface area contributed by atoms with E-state index < -0.39 is 0 Å². The lowest BCUT2D eigenvalue weighted by Crippen LogP contribution is -2.12. The third-order valence-electron chi connectivity index (χ3n) is 2.44. The molecular weight excluding hydrogens is 195 g/mol. The first-order chi connectivity index (χ1) is 7.24. The Morgan fingerprint density at radius 1 is 1.47 bits per heavy atom. The van der Waals surface area contributed by atoms with Crippen molar-refractivity contribution < 1.29 is 9.13 Å². The zero-order valence-corrected chi connectivity index (χ0v) is 8.20. The van der Waals surface area contributed by atoms with Crippen LogP contribution in [0.1, 0.15) is 11.5 Å². The van der Waals surface area contributed by atoms with Gasteiger partial charge in [0.15, 0.2) is 5.82 Å². The summed E-state index contributed by atoms with van der Waals surface area (Å²) >= 11 is 0. The van der Waals surface area contributed by atoms with Crippen molar-refractivity contribution in [3.63, 3.8) is 0 Å². The van der Waals surface area contributed by atoms with Gasteiger partial charge in [-0.1, -0.05) is 0 Å². The molecular formula is C11H9FN2O. The molecule has 0 bridgehead atoms. The predicted molar refractivity (Wildman–Crippen MR) is 52.6 cm³/mol. The van der Waals surface area contributed by atoms with E-state index in [9.17, 15) is 4.39 Å². The second-order valence-corrected chi connectivity index (χ2v) is 3.57. The summed E-state index contributed by atoms with van der Waals surface area (Å²) in [6, 6.07) is 4.52. The van der Waals surface area contributed by atoms with E-state index in [2.05, 4.69) is 4.98 Å². The number of rotatable bonds is 0. The molecule has 2 aromatic rings. The number of aryl methyl sites for hydroxylation is 1. The Balaban J connectivity index is 2.25. The van der Waals surface area contributed by atoms with Crippen molar-refractivity contribution >= 4 is 0 Å². The van der Waals surface area contributed by atoms with Crippen molar-refractivity contribution in [1.82, 2.24) is 9.55 Å². The molecule has 1 aliphatic heterocycles. The Kier molecular flexibility index (Phi) is 1.59. The fourth-order valence-electron chi connectivity index (χ4n) is 1.80. The van der Waals surface area contributed by atoms with Gasteiger partial charge >= 0.3 is 0 Å². The van der Waals surface area contributed by atoms with Gasteiger partial charge in [-0.2, -0.15) is 0 Å². The molecule has 0 radical (unpaired) electrons. The summed E-state index contributed by atoms with van der Waals surface area (Å²) in [6.07, 6.45) is 1.93. The maximum atomic E-state index is 13.0. The highest BCUT2D eigenvalue weighted by Crippen LogP contribution is 2.30. The highest BCUT2D eigenvalue weighted by molar-refractivity contribution is 5.49. The summed E-state index contributed by atoms with van der Waals surface area (Å²) in [5.74, 6) is 1.14. The lowest BCUT2D eigenvalue weighted by atomic mass is 10.2. The van der Waals surface area contributed by atoms with Crippen LogP contribution in [0.25, 0.3) is 5.69 Å². The predicted octanol–water partition coefficient (Wildman–Crippen LogP) is 2.21. The zero-order valence-electron chi connectivity index (χ0n) is 8.20. The Morgan fingerprint density at radius 3 is 3.20 bits per heavy atom.